The van der Waals surface area contributed by atoms with Crippen molar-refractivity contribution in [3.63, 3.8) is 0 Å². The minimum Gasteiger partial charge on any atom is -0.354 e. The number of carbonyl (C=O) groups is 1. The molecule has 86 valence electrons. The first-order valence-corrected chi connectivity index (χ1v) is 5.07. The Balaban J connectivity index is 2.33. The highest BCUT2D eigenvalue weighted by Gasteiger charge is 2.20. The number of nitrogens with one attached hydrogen (secondary N) is 1. The van der Waals surface area contributed by atoms with Gasteiger partial charge in [-0.25, -0.2) is 0 Å². The zero-order valence-corrected chi connectivity index (χ0v) is 9.30. The predicted octanol–water partition coefficient (Wildman–Crippen LogP) is 0.524. The second-order valence-corrected chi connectivity index (χ2v) is 3.74. The summed E-state index contributed by atoms with van der Waals surface area (Å²) in [5, 5.41) is 15.1. The zero-order valence-electron chi connectivity index (χ0n) is 9.30. The van der Waals surface area contributed by atoms with E-state index in [0.717, 1.165) is 0 Å². The second kappa shape index (κ2) is 5.85. The molecule has 0 spiro atoms. The minimum atomic E-state index is -0.606. The fraction of sp³-hybridized carbons (Fsp3) is 0.600. The number of rotatable bonds is 5. The largest absolute Gasteiger partial charge is 0.354 e. The maximum Gasteiger partial charge on any atom is 0.237 e. The first-order chi connectivity index (χ1) is 7.65. The lowest BCUT2D eigenvalue weighted by atomic mass is 9.97. The molecule has 0 saturated heterocycles. The van der Waals surface area contributed by atoms with E-state index < -0.39 is 5.92 Å². The molecule has 0 bridgehead atoms. The molecule has 1 N–H and O–H groups in total. The molecular weight excluding hydrogens is 208 g/mol. The van der Waals surface area contributed by atoms with Gasteiger partial charge in [-0.15, -0.1) is 0 Å². The number of nitrogens with zero attached hydrogens (tertiary/aromatic N) is 3. The van der Waals surface area contributed by atoms with Crippen molar-refractivity contribution in [3.8, 4) is 6.07 Å². The number of carbonyl (C=O) groups excluding carboxylic acids is 1. The van der Waals surface area contributed by atoms with Gasteiger partial charge in [-0.2, -0.15) is 10.2 Å². The van der Waals surface area contributed by atoms with Gasteiger partial charge in [0.2, 0.25) is 12.3 Å². The normalized spacial score (nSPS) is 12.1. The van der Waals surface area contributed by atoms with Gasteiger partial charge in [0.25, 0.3) is 0 Å². The Morgan fingerprint density at radius 1 is 1.69 bits per heavy atom. The average molecular weight is 222 g/mol. The van der Waals surface area contributed by atoms with Crippen molar-refractivity contribution in [2.24, 2.45) is 11.8 Å². The summed E-state index contributed by atoms with van der Waals surface area (Å²) in [6.07, 6.45) is 1.74. The number of nitriles is 1. The maximum absolute atomic E-state index is 11.5. The van der Waals surface area contributed by atoms with Crippen LogP contribution >= 0.6 is 0 Å². The van der Waals surface area contributed by atoms with Gasteiger partial charge in [-0.05, 0) is 5.92 Å². The molecule has 6 nitrogen and oxygen atoms in total. The Labute approximate surface area is 93.6 Å². The molecule has 1 heterocycles. The van der Waals surface area contributed by atoms with E-state index in [0.29, 0.717) is 18.8 Å². The lowest BCUT2D eigenvalue weighted by Crippen LogP contribution is -2.34. The van der Waals surface area contributed by atoms with Gasteiger partial charge in [0.05, 0.1) is 6.07 Å². The van der Waals surface area contributed by atoms with E-state index in [1.54, 1.807) is 0 Å². The molecule has 1 rings (SSSR count). The maximum atomic E-state index is 11.5. The van der Waals surface area contributed by atoms with Crippen LogP contribution in [0.15, 0.2) is 10.9 Å². The lowest BCUT2D eigenvalue weighted by molar-refractivity contribution is -0.124. The van der Waals surface area contributed by atoms with Crippen molar-refractivity contribution < 1.29 is 9.32 Å². The van der Waals surface area contributed by atoms with E-state index in [-0.39, 0.29) is 11.8 Å². The molecule has 0 aliphatic heterocycles. The Morgan fingerprint density at radius 3 is 2.94 bits per heavy atom. The molecule has 6 heteroatoms. The van der Waals surface area contributed by atoms with Gasteiger partial charge < -0.3 is 9.84 Å². The number of aromatic nitrogens is 2. The highest BCUT2D eigenvalue weighted by atomic mass is 16.5. The number of amides is 1. The van der Waals surface area contributed by atoms with Crippen molar-refractivity contribution in [2.45, 2.75) is 20.3 Å². The highest BCUT2D eigenvalue weighted by Crippen LogP contribution is 2.09. The number of hydrogen-bond donors (Lipinski definition) is 1. The van der Waals surface area contributed by atoms with Gasteiger partial charge >= 0.3 is 0 Å². The molecular formula is C10H14N4O2. The molecule has 0 saturated carbocycles. The highest BCUT2D eigenvalue weighted by molar-refractivity contribution is 5.81. The van der Waals surface area contributed by atoms with Crippen LogP contribution in [0.1, 0.15) is 19.7 Å². The molecule has 0 aromatic carbocycles. The Hall–Kier alpha value is -1.90. The van der Waals surface area contributed by atoms with Crippen molar-refractivity contribution >= 4 is 5.91 Å². The summed E-state index contributed by atoms with van der Waals surface area (Å²) in [4.78, 5) is 15.4. The van der Waals surface area contributed by atoms with Crippen molar-refractivity contribution in [2.75, 3.05) is 6.54 Å². The van der Waals surface area contributed by atoms with Crippen LogP contribution in [0.5, 0.6) is 0 Å². The fourth-order valence-electron chi connectivity index (χ4n) is 1.22. The SMILES string of the molecule is CC(C)C(C#N)C(=O)NCCc1ncon1. The van der Waals surface area contributed by atoms with E-state index in [9.17, 15) is 4.79 Å². The topological polar surface area (TPSA) is 91.8 Å². The molecule has 0 aliphatic rings. The average Bonchev–Trinajstić information content (AvgIpc) is 2.71. The monoisotopic (exact) mass is 222 g/mol. The van der Waals surface area contributed by atoms with Gasteiger partial charge in [0.15, 0.2) is 5.82 Å². The summed E-state index contributed by atoms with van der Waals surface area (Å²) in [6.45, 7) is 4.09. The summed E-state index contributed by atoms with van der Waals surface area (Å²) in [7, 11) is 0. The zero-order chi connectivity index (χ0) is 12.0. The Kier molecular flexibility index (Phi) is 4.45. The number of hydrogen-bond acceptors (Lipinski definition) is 5. The van der Waals surface area contributed by atoms with E-state index in [1.165, 1.54) is 6.39 Å². The minimum absolute atomic E-state index is 0.00942. The van der Waals surface area contributed by atoms with Crippen molar-refractivity contribution in [1.29, 1.82) is 5.26 Å². The third-order valence-electron chi connectivity index (χ3n) is 2.14. The summed E-state index contributed by atoms with van der Waals surface area (Å²) < 4.78 is 4.55. The van der Waals surface area contributed by atoms with Crippen LogP contribution in [-0.2, 0) is 11.2 Å². The smallest absolute Gasteiger partial charge is 0.237 e. The summed E-state index contributed by atoms with van der Waals surface area (Å²) in [5.41, 5.74) is 0. The third kappa shape index (κ3) is 3.35. The van der Waals surface area contributed by atoms with Crippen LogP contribution in [0.4, 0.5) is 0 Å². The predicted molar refractivity (Wildman–Crippen MR) is 55.0 cm³/mol. The molecule has 1 aromatic heterocycles. The standard InChI is InChI=1S/C10H14N4O2/c1-7(2)8(5-11)10(15)12-4-3-9-13-6-16-14-9/h6-8H,3-4H2,1-2H3,(H,12,15). The van der Waals surface area contributed by atoms with Crippen LogP contribution in [0.2, 0.25) is 0 Å². The molecule has 1 amide bonds. The summed E-state index contributed by atoms with van der Waals surface area (Å²) >= 11 is 0. The lowest BCUT2D eigenvalue weighted by Gasteiger charge is -2.12. The quantitative estimate of drug-likeness (QED) is 0.784. The van der Waals surface area contributed by atoms with Gasteiger partial charge in [0.1, 0.15) is 5.92 Å². The molecule has 1 aromatic rings. The molecule has 1 atom stereocenters. The van der Waals surface area contributed by atoms with Crippen molar-refractivity contribution in [3.05, 3.63) is 12.2 Å². The Morgan fingerprint density at radius 2 is 2.44 bits per heavy atom. The molecule has 0 fully saturated rings. The van der Waals surface area contributed by atoms with E-state index >= 15 is 0 Å². The van der Waals surface area contributed by atoms with Gasteiger partial charge in [0, 0.05) is 13.0 Å². The molecule has 0 radical (unpaired) electrons. The summed E-state index contributed by atoms with van der Waals surface area (Å²) in [5.74, 6) is -0.306. The fourth-order valence-corrected chi connectivity index (χ4v) is 1.22. The van der Waals surface area contributed by atoms with Crippen LogP contribution in [0, 0.1) is 23.2 Å². The van der Waals surface area contributed by atoms with Crippen molar-refractivity contribution in [1.82, 2.24) is 15.5 Å². The molecule has 16 heavy (non-hydrogen) atoms. The van der Waals surface area contributed by atoms with Gasteiger partial charge in [-0.1, -0.05) is 19.0 Å². The van der Waals surface area contributed by atoms with Gasteiger partial charge in [-0.3, -0.25) is 4.79 Å². The molecule has 0 aliphatic carbocycles. The second-order valence-electron chi connectivity index (χ2n) is 3.74. The first-order valence-electron chi connectivity index (χ1n) is 5.07. The third-order valence-corrected chi connectivity index (χ3v) is 2.14. The van der Waals surface area contributed by atoms with E-state index in [4.69, 9.17) is 5.26 Å². The van der Waals surface area contributed by atoms with E-state index in [1.807, 2.05) is 19.9 Å². The first kappa shape index (κ1) is 12.2. The summed E-state index contributed by atoms with van der Waals surface area (Å²) in [6, 6.07) is 1.98. The molecule has 1 unspecified atom stereocenters. The van der Waals surface area contributed by atoms with E-state index in [2.05, 4.69) is 20.0 Å². The van der Waals surface area contributed by atoms with Crippen LogP contribution in [0.25, 0.3) is 0 Å². The Bertz CT molecular complexity index is 367. The van der Waals surface area contributed by atoms with Crippen LogP contribution in [0.3, 0.4) is 0 Å². The van der Waals surface area contributed by atoms with Crippen LogP contribution in [-0.4, -0.2) is 22.6 Å². The van der Waals surface area contributed by atoms with Crippen LogP contribution < -0.4 is 5.32 Å².